The molecule has 3 rings (SSSR count). The summed E-state index contributed by atoms with van der Waals surface area (Å²) >= 11 is 0. The lowest BCUT2D eigenvalue weighted by atomic mass is 9.72. The molecule has 1 aliphatic heterocycles. The van der Waals surface area contributed by atoms with Gasteiger partial charge in [-0.05, 0) is 35.8 Å². The highest BCUT2D eigenvalue weighted by Gasteiger charge is 2.53. The van der Waals surface area contributed by atoms with Gasteiger partial charge in [0.1, 0.15) is 6.10 Å². The van der Waals surface area contributed by atoms with E-state index >= 15 is 0 Å². The fourth-order valence-corrected chi connectivity index (χ4v) is 3.69. The van der Waals surface area contributed by atoms with E-state index in [0.717, 1.165) is 19.3 Å². The number of ether oxygens (including phenoxy) is 1. The summed E-state index contributed by atoms with van der Waals surface area (Å²) in [7, 11) is 0. The largest absolute Gasteiger partial charge is 0.457 e. The monoisotopic (exact) mass is 222 g/mol. The van der Waals surface area contributed by atoms with Gasteiger partial charge >= 0.3 is 5.97 Å². The lowest BCUT2D eigenvalue weighted by molar-refractivity contribution is -0.140. The first-order valence-electron chi connectivity index (χ1n) is 6.12. The molecule has 0 bridgehead atoms. The topological polar surface area (TPSA) is 46.5 Å². The van der Waals surface area contributed by atoms with E-state index in [1.54, 1.807) is 0 Å². The van der Waals surface area contributed by atoms with Gasteiger partial charge in [0, 0.05) is 5.92 Å². The van der Waals surface area contributed by atoms with E-state index < -0.39 is 6.10 Å². The zero-order valence-corrected chi connectivity index (χ0v) is 9.82. The van der Waals surface area contributed by atoms with Crippen LogP contribution in [0.3, 0.4) is 0 Å². The zero-order valence-electron chi connectivity index (χ0n) is 9.82. The second-order valence-corrected chi connectivity index (χ2v) is 5.90. The molecule has 0 amide bonds. The molecule has 3 nitrogen and oxygen atoms in total. The smallest absolute Gasteiger partial charge is 0.306 e. The quantitative estimate of drug-likeness (QED) is 0.502. The van der Waals surface area contributed by atoms with Crippen LogP contribution in [0.4, 0.5) is 0 Å². The number of hydrogen-bond donors (Lipinski definition) is 1. The van der Waals surface area contributed by atoms with Crippen molar-refractivity contribution in [1.29, 1.82) is 0 Å². The van der Waals surface area contributed by atoms with Gasteiger partial charge in [-0.3, -0.25) is 4.79 Å². The third-order valence-corrected chi connectivity index (χ3v) is 4.42. The van der Waals surface area contributed by atoms with Crippen LogP contribution in [0, 0.1) is 11.3 Å². The maximum atomic E-state index is 11.3. The Morgan fingerprint density at radius 2 is 2.19 bits per heavy atom. The third kappa shape index (κ3) is 1.21. The molecule has 0 aromatic heterocycles. The first kappa shape index (κ1) is 10.3. The molecule has 0 aromatic rings. The van der Waals surface area contributed by atoms with Crippen LogP contribution in [-0.4, -0.2) is 23.3 Å². The van der Waals surface area contributed by atoms with E-state index in [9.17, 15) is 9.90 Å². The van der Waals surface area contributed by atoms with E-state index in [0.29, 0.717) is 6.42 Å². The summed E-state index contributed by atoms with van der Waals surface area (Å²) in [6, 6.07) is 0. The van der Waals surface area contributed by atoms with Crippen LogP contribution in [0.1, 0.15) is 39.5 Å². The molecule has 3 atom stereocenters. The molecule has 0 aromatic carbocycles. The van der Waals surface area contributed by atoms with Gasteiger partial charge in [-0.1, -0.05) is 13.8 Å². The van der Waals surface area contributed by atoms with Crippen LogP contribution in [-0.2, 0) is 9.53 Å². The standard InChI is InChI=1S/C13H18O3/c1-13(2)5-3-4-7-10(13)12-8(11(7)15)6-9(14)16-12/h8,11-12,15H,3-6H2,1-2H3/t8-,11+,12-/m1/s1. The van der Waals surface area contributed by atoms with Gasteiger partial charge in [0.05, 0.1) is 12.5 Å². The Morgan fingerprint density at radius 1 is 1.44 bits per heavy atom. The molecule has 1 heterocycles. The van der Waals surface area contributed by atoms with Gasteiger partial charge in [-0.15, -0.1) is 0 Å². The Labute approximate surface area is 95.5 Å². The Balaban J connectivity index is 2.05. The Kier molecular flexibility index (Phi) is 2.00. The van der Waals surface area contributed by atoms with E-state index in [-0.39, 0.29) is 23.4 Å². The fraction of sp³-hybridized carbons (Fsp3) is 0.769. The molecule has 0 spiro atoms. The minimum absolute atomic E-state index is 0.00475. The average molecular weight is 222 g/mol. The maximum Gasteiger partial charge on any atom is 0.306 e. The predicted molar refractivity (Wildman–Crippen MR) is 58.7 cm³/mol. The lowest BCUT2D eigenvalue weighted by Gasteiger charge is -2.34. The Bertz CT molecular complexity index is 381. The zero-order chi connectivity index (χ0) is 11.5. The summed E-state index contributed by atoms with van der Waals surface area (Å²) in [5.74, 6) is -0.156. The van der Waals surface area contributed by atoms with Crippen LogP contribution in [0.2, 0.25) is 0 Å². The first-order chi connectivity index (χ1) is 7.50. The maximum absolute atomic E-state index is 11.3. The van der Waals surface area contributed by atoms with Gasteiger partial charge in [0.25, 0.3) is 0 Å². The van der Waals surface area contributed by atoms with E-state index in [1.165, 1.54) is 11.1 Å². The molecular weight excluding hydrogens is 204 g/mol. The van der Waals surface area contributed by atoms with Crippen molar-refractivity contribution < 1.29 is 14.6 Å². The van der Waals surface area contributed by atoms with Gasteiger partial charge < -0.3 is 9.84 Å². The molecular formula is C13H18O3. The second-order valence-electron chi connectivity index (χ2n) is 5.90. The Hall–Kier alpha value is -0.830. The normalized spacial score (nSPS) is 40.7. The highest BCUT2D eigenvalue weighted by Crippen LogP contribution is 2.53. The second kappa shape index (κ2) is 3.10. The summed E-state index contributed by atoms with van der Waals surface area (Å²) in [6.07, 6.45) is 3.05. The molecule has 2 aliphatic carbocycles. The molecule has 0 unspecified atom stereocenters. The highest BCUT2D eigenvalue weighted by molar-refractivity contribution is 5.74. The molecule has 3 aliphatic rings. The van der Waals surface area contributed by atoms with Crippen molar-refractivity contribution in [2.45, 2.75) is 51.7 Å². The Morgan fingerprint density at radius 3 is 2.94 bits per heavy atom. The van der Waals surface area contributed by atoms with Crippen molar-refractivity contribution in [3.05, 3.63) is 11.1 Å². The summed E-state index contributed by atoms with van der Waals surface area (Å²) in [5, 5.41) is 10.3. The van der Waals surface area contributed by atoms with Crippen LogP contribution in [0.5, 0.6) is 0 Å². The van der Waals surface area contributed by atoms with Crippen molar-refractivity contribution in [3.63, 3.8) is 0 Å². The number of aliphatic hydroxyl groups excluding tert-OH is 1. The molecule has 0 radical (unpaired) electrons. The van der Waals surface area contributed by atoms with Gasteiger partial charge in [-0.2, -0.15) is 0 Å². The average Bonchev–Trinajstić information content (AvgIpc) is 2.66. The van der Waals surface area contributed by atoms with Crippen LogP contribution in [0.15, 0.2) is 11.1 Å². The lowest BCUT2D eigenvalue weighted by Crippen LogP contribution is -2.27. The molecule has 3 heteroatoms. The third-order valence-electron chi connectivity index (χ3n) is 4.42. The number of hydrogen-bond acceptors (Lipinski definition) is 3. The molecule has 88 valence electrons. The number of fused-ring (bicyclic) bond motifs is 2. The molecule has 1 fully saturated rings. The summed E-state index contributed by atoms with van der Waals surface area (Å²) in [6.45, 7) is 4.39. The van der Waals surface area contributed by atoms with Gasteiger partial charge in [0.15, 0.2) is 0 Å². The minimum Gasteiger partial charge on any atom is -0.457 e. The predicted octanol–water partition coefficient (Wildman–Crippen LogP) is 1.80. The minimum atomic E-state index is -0.439. The SMILES string of the molecule is CC1(C)CCCC2=C1[C@@H]1OC(=O)C[C@@H]1[C@H]2O. The van der Waals surface area contributed by atoms with E-state index in [1.807, 2.05) is 0 Å². The van der Waals surface area contributed by atoms with Crippen molar-refractivity contribution in [1.82, 2.24) is 0 Å². The van der Waals surface area contributed by atoms with Crippen molar-refractivity contribution in [2.75, 3.05) is 0 Å². The molecule has 0 saturated carbocycles. The molecule has 16 heavy (non-hydrogen) atoms. The van der Waals surface area contributed by atoms with Gasteiger partial charge in [0.2, 0.25) is 0 Å². The van der Waals surface area contributed by atoms with Crippen LogP contribution >= 0.6 is 0 Å². The number of carbonyl (C=O) groups is 1. The number of carbonyl (C=O) groups excluding carboxylic acids is 1. The van der Waals surface area contributed by atoms with Crippen molar-refractivity contribution in [3.8, 4) is 0 Å². The summed E-state index contributed by atoms with van der Waals surface area (Å²) in [5.41, 5.74) is 2.47. The highest BCUT2D eigenvalue weighted by atomic mass is 16.6. The van der Waals surface area contributed by atoms with Crippen molar-refractivity contribution >= 4 is 5.97 Å². The summed E-state index contributed by atoms with van der Waals surface area (Å²) in [4.78, 5) is 11.3. The summed E-state index contributed by atoms with van der Waals surface area (Å²) < 4.78 is 5.40. The van der Waals surface area contributed by atoms with E-state index in [4.69, 9.17) is 4.74 Å². The van der Waals surface area contributed by atoms with Crippen molar-refractivity contribution in [2.24, 2.45) is 11.3 Å². The first-order valence-corrected chi connectivity index (χ1v) is 6.12. The number of rotatable bonds is 0. The number of esters is 1. The molecule has 1 saturated heterocycles. The van der Waals surface area contributed by atoms with Gasteiger partial charge in [-0.25, -0.2) is 0 Å². The number of aliphatic hydroxyl groups is 1. The van der Waals surface area contributed by atoms with E-state index in [2.05, 4.69) is 13.8 Å². The van der Waals surface area contributed by atoms with Crippen LogP contribution in [0.25, 0.3) is 0 Å². The molecule has 1 N–H and O–H groups in total. The van der Waals surface area contributed by atoms with Crippen LogP contribution < -0.4 is 0 Å². The fourth-order valence-electron chi connectivity index (χ4n) is 3.69.